The number of nitrogens with one attached hydrogen (secondary N) is 1. The van der Waals surface area contributed by atoms with Crippen LogP contribution in [0.1, 0.15) is 17.8 Å². The van der Waals surface area contributed by atoms with Crippen LogP contribution in [0.25, 0.3) is 0 Å². The normalized spacial score (nSPS) is 17.8. The standard InChI is InChI=1S/C12H12N6/c13-5-9-1-3-11(14-6-9)17-10-2-4-12-15-8-16-18(12)7-10/h1,3,6,8,10H,2,4,7H2,(H,14,17). The Kier molecular flexibility index (Phi) is 2.65. The largest absolute Gasteiger partial charge is 0.365 e. The van der Waals surface area contributed by atoms with Crippen molar-refractivity contribution < 1.29 is 0 Å². The minimum Gasteiger partial charge on any atom is -0.365 e. The van der Waals surface area contributed by atoms with Crippen LogP contribution in [0.5, 0.6) is 0 Å². The van der Waals surface area contributed by atoms with Crippen LogP contribution in [0.2, 0.25) is 0 Å². The van der Waals surface area contributed by atoms with Gasteiger partial charge in [0.05, 0.1) is 12.1 Å². The maximum absolute atomic E-state index is 8.71. The second-order valence-electron chi connectivity index (χ2n) is 4.28. The van der Waals surface area contributed by atoms with E-state index in [9.17, 15) is 0 Å². The Morgan fingerprint density at radius 2 is 2.33 bits per heavy atom. The van der Waals surface area contributed by atoms with Gasteiger partial charge in [-0.1, -0.05) is 0 Å². The van der Waals surface area contributed by atoms with Crippen LogP contribution < -0.4 is 5.32 Å². The predicted molar refractivity (Wildman–Crippen MR) is 64.7 cm³/mol. The summed E-state index contributed by atoms with van der Waals surface area (Å²) in [5.41, 5.74) is 0.572. The molecule has 0 spiro atoms. The predicted octanol–water partition coefficient (Wildman–Crippen LogP) is 0.972. The van der Waals surface area contributed by atoms with Gasteiger partial charge in [0.1, 0.15) is 24.0 Å². The fourth-order valence-corrected chi connectivity index (χ4v) is 2.11. The molecule has 0 aromatic carbocycles. The lowest BCUT2D eigenvalue weighted by molar-refractivity contribution is 0.441. The molecule has 6 nitrogen and oxygen atoms in total. The van der Waals surface area contributed by atoms with E-state index in [2.05, 4.69) is 26.5 Å². The van der Waals surface area contributed by atoms with Gasteiger partial charge in [0, 0.05) is 18.7 Å². The van der Waals surface area contributed by atoms with Gasteiger partial charge in [-0.3, -0.25) is 0 Å². The van der Waals surface area contributed by atoms with E-state index >= 15 is 0 Å². The summed E-state index contributed by atoms with van der Waals surface area (Å²) in [5.74, 6) is 1.84. The monoisotopic (exact) mass is 240 g/mol. The van der Waals surface area contributed by atoms with Crippen molar-refractivity contribution in [3.8, 4) is 6.07 Å². The number of pyridine rings is 1. The van der Waals surface area contributed by atoms with E-state index in [0.717, 1.165) is 31.0 Å². The van der Waals surface area contributed by atoms with Gasteiger partial charge >= 0.3 is 0 Å². The molecule has 1 atom stereocenters. The van der Waals surface area contributed by atoms with Crippen molar-refractivity contribution in [3.63, 3.8) is 0 Å². The zero-order valence-electron chi connectivity index (χ0n) is 9.74. The van der Waals surface area contributed by atoms with Crippen LogP contribution in [0.3, 0.4) is 0 Å². The van der Waals surface area contributed by atoms with E-state index in [1.54, 1.807) is 18.6 Å². The number of aryl methyl sites for hydroxylation is 1. The molecular weight excluding hydrogens is 228 g/mol. The summed E-state index contributed by atoms with van der Waals surface area (Å²) >= 11 is 0. The number of hydrogen-bond acceptors (Lipinski definition) is 5. The SMILES string of the molecule is N#Cc1ccc(NC2CCc3ncnn3C2)nc1. The highest BCUT2D eigenvalue weighted by Gasteiger charge is 2.19. The van der Waals surface area contributed by atoms with E-state index in [1.165, 1.54) is 0 Å². The van der Waals surface area contributed by atoms with Gasteiger partial charge in [0.15, 0.2) is 0 Å². The summed E-state index contributed by atoms with van der Waals surface area (Å²) in [6.07, 6.45) is 5.11. The van der Waals surface area contributed by atoms with E-state index in [-0.39, 0.29) is 0 Å². The highest BCUT2D eigenvalue weighted by molar-refractivity contribution is 5.39. The van der Waals surface area contributed by atoms with Crippen LogP contribution in [0, 0.1) is 11.3 Å². The van der Waals surface area contributed by atoms with Gasteiger partial charge in [-0.05, 0) is 18.6 Å². The average Bonchev–Trinajstić information content (AvgIpc) is 2.87. The molecule has 0 saturated carbocycles. The average molecular weight is 240 g/mol. The number of aromatic nitrogens is 4. The third-order valence-corrected chi connectivity index (χ3v) is 3.05. The van der Waals surface area contributed by atoms with Gasteiger partial charge in [0.2, 0.25) is 0 Å². The molecule has 0 fully saturated rings. The van der Waals surface area contributed by atoms with Gasteiger partial charge in [-0.15, -0.1) is 0 Å². The Hall–Kier alpha value is -2.42. The first kappa shape index (κ1) is 10.7. The Morgan fingerprint density at radius 1 is 1.39 bits per heavy atom. The zero-order valence-corrected chi connectivity index (χ0v) is 9.74. The quantitative estimate of drug-likeness (QED) is 0.846. The van der Waals surface area contributed by atoms with Crippen molar-refractivity contribution in [2.75, 3.05) is 5.32 Å². The van der Waals surface area contributed by atoms with Crippen molar-refractivity contribution in [2.45, 2.75) is 25.4 Å². The van der Waals surface area contributed by atoms with E-state index in [0.29, 0.717) is 11.6 Å². The van der Waals surface area contributed by atoms with E-state index in [1.807, 2.05) is 10.7 Å². The molecule has 1 N–H and O–H groups in total. The zero-order chi connectivity index (χ0) is 12.4. The second kappa shape index (κ2) is 4.45. The van der Waals surface area contributed by atoms with Crippen LogP contribution in [0.15, 0.2) is 24.7 Å². The number of nitrogens with zero attached hydrogens (tertiary/aromatic N) is 5. The molecule has 2 aromatic rings. The fourth-order valence-electron chi connectivity index (χ4n) is 2.11. The molecule has 1 unspecified atom stereocenters. The minimum atomic E-state index is 0.305. The van der Waals surface area contributed by atoms with Gasteiger partial charge in [-0.25, -0.2) is 14.6 Å². The first-order valence-corrected chi connectivity index (χ1v) is 5.84. The Morgan fingerprint density at radius 3 is 3.11 bits per heavy atom. The van der Waals surface area contributed by atoms with Crippen LogP contribution >= 0.6 is 0 Å². The topological polar surface area (TPSA) is 79.4 Å². The lowest BCUT2D eigenvalue weighted by atomic mass is 10.1. The molecule has 3 rings (SSSR count). The smallest absolute Gasteiger partial charge is 0.138 e. The third-order valence-electron chi connectivity index (χ3n) is 3.05. The van der Waals surface area contributed by atoms with Crippen LogP contribution in [-0.4, -0.2) is 25.8 Å². The Labute approximate surface area is 104 Å². The lowest BCUT2D eigenvalue weighted by Gasteiger charge is -2.23. The van der Waals surface area contributed by atoms with Crippen molar-refractivity contribution in [1.29, 1.82) is 5.26 Å². The van der Waals surface area contributed by atoms with E-state index in [4.69, 9.17) is 5.26 Å². The molecule has 6 heteroatoms. The summed E-state index contributed by atoms with van der Waals surface area (Å²) in [6, 6.07) is 5.95. The van der Waals surface area contributed by atoms with Crippen LogP contribution in [-0.2, 0) is 13.0 Å². The molecule has 0 saturated heterocycles. The summed E-state index contributed by atoms with van der Waals surface area (Å²) in [5, 5.41) is 16.2. The highest BCUT2D eigenvalue weighted by atomic mass is 15.3. The van der Waals surface area contributed by atoms with Gasteiger partial charge in [0.25, 0.3) is 0 Å². The Bertz CT molecular complexity index is 579. The third kappa shape index (κ3) is 2.02. The lowest BCUT2D eigenvalue weighted by Crippen LogP contribution is -2.32. The van der Waals surface area contributed by atoms with Crippen molar-refractivity contribution >= 4 is 5.82 Å². The van der Waals surface area contributed by atoms with Crippen LogP contribution in [0.4, 0.5) is 5.82 Å². The first-order valence-electron chi connectivity index (χ1n) is 5.84. The number of fused-ring (bicyclic) bond motifs is 1. The number of nitriles is 1. The van der Waals surface area contributed by atoms with Crippen molar-refractivity contribution in [2.24, 2.45) is 0 Å². The molecule has 18 heavy (non-hydrogen) atoms. The maximum Gasteiger partial charge on any atom is 0.138 e. The fraction of sp³-hybridized carbons (Fsp3) is 0.333. The molecule has 0 amide bonds. The molecule has 1 aliphatic heterocycles. The number of hydrogen-bond donors (Lipinski definition) is 1. The molecule has 2 aromatic heterocycles. The summed E-state index contributed by atoms with van der Waals surface area (Å²) in [6.45, 7) is 0.803. The van der Waals surface area contributed by atoms with Crippen molar-refractivity contribution in [3.05, 3.63) is 36.0 Å². The molecule has 0 aliphatic carbocycles. The minimum absolute atomic E-state index is 0.305. The molecule has 1 aliphatic rings. The van der Waals surface area contributed by atoms with E-state index < -0.39 is 0 Å². The number of anilines is 1. The molecule has 3 heterocycles. The molecule has 0 radical (unpaired) electrons. The summed E-state index contributed by atoms with van der Waals surface area (Å²) in [4.78, 5) is 8.40. The molecule has 90 valence electrons. The van der Waals surface area contributed by atoms with Gasteiger partial charge < -0.3 is 5.32 Å². The summed E-state index contributed by atoms with van der Waals surface area (Å²) in [7, 11) is 0. The molecular formula is C12H12N6. The second-order valence-corrected chi connectivity index (χ2v) is 4.28. The summed E-state index contributed by atoms with van der Waals surface area (Å²) < 4.78 is 1.92. The maximum atomic E-state index is 8.71. The van der Waals surface area contributed by atoms with Gasteiger partial charge in [-0.2, -0.15) is 10.4 Å². The first-order chi connectivity index (χ1) is 8.85. The number of rotatable bonds is 2. The van der Waals surface area contributed by atoms with Crippen molar-refractivity contribution in [1.82, 2.24) is 19.7 Å². The molecule has 0 bridgehead atoms. The highest BCUT2D eigenvalue weighted by Crippen LogP contribution is 2.15. The Balaban J connectivity index is 1.69.